The van der Waals surface area contributed by atoms with Gasteiger partial charge in [-0.15, -0.1) is 0 Å². The first-order valence-corrected chi connectivity index (χ1v) is 5.71. The van der Waals surface area contributed by atoms with E-state index in [1.165, 1.54) is 6.92 Å². The van der Waals surface area contributed by atoms with Crippen LogP contribution in [0.3, 0.4) is 0 Å². The van der Waals surface area contributed by atoms with Gasteiger partial charge in [0.1, 0.15) is 5.76 Å². The van der Waals surface area contributed by atoms with Gasteiger partial charge in [0.2, 0.25) is 0 Å². The molecule has 1 saturated heterocycles. The van der Waals surface area contributed by atoms with Crippen molar-refractivity contribution in [3.05, 3.63) is 17.3 Å². The van der Waals surface area contributed by atoms with E-state index in [0.717, 1.165) is 25.9 Å². The van der Waals surface area contributed by atoms with Gasteiger partial charge in [-0.2, -0.15) is 13.2 Å². The van der Waals surface area contributed by atoms with E-state index in [9.17, 15) is 13.2 Å². The third kappa shape index (κ3) is 3.00. The van der Waals surface area contributed by atoms with Crippen LogP contribution in [0.25, 0.3) is 0 Å². The molecule has 0 radical (unpaired) electrons. The molecule has 1 N–H and O–H groups in total. The van der Waals surface area contributed by atoms with E-state index in [4.69, 9.17) is 4.42 Å². The van der Waals surface area contributed by atoms with Crippen molar-refractivity contribution in [1.82, 2.24) is 10.3 Å². The molecule has 0 aliphatic carbocycles. The van der Waals surface area contributed by atoms with Crippen LogP contribution in [0.2, 0.25) is 0 Å². The molecule has 3 nitrogen and oxygen atoms in total. The minimum atomic E-state index is -4.42. The Balaban J connectivity index is 2.06. The number of nitrogens with zero attached hydrogens (tertiary/aromatic N) is 1. The second-order valence-electron chi connectivity index (χ2n) is 4.43. The third-order valence-corrected chi connectivity index (χ3v) is 2.97. The highest BCUT2D eigenvalue weighted by Crippen LogP contribution is 2.32. The molecule has 0 saturated carbocycles. The minimum absolute atomic E-state index is 0.142. The Bertz CT molecular complexity index is 381. The summed E-state index contributed by atoms with van der Waals surface area (Å²) in [7, 11) is 0. The predicted octanol–water partition coefficient (Wildman–Crippen LogP) is 2.54. The number of alkyl halides is 3. The van der Waals surface area contributed by atoms with Gasteiger partial charge in [-0.25, -0.2) is 4.98 Å². The molecule has 0 amide bonds. The lowest BCUT2D eigenvalue weighted by atomic mass is 9.96. The van der Waals surface area contributed by atoms with E-state index < -0.39 is 11.9 Å². The Morgan fingerprint density at radius 3 is 2.76 bits per heavy atom. The lowest BCUT2D eigenvalue weighted by Gasteiger charge is -2.21. The van der Waals surface area contributed by atoms with Crippen LogP contribution in [-0.2, 0) is 12.6 Å². The highest BCUT2D eigenvalue weighted by molar-refractivity contribution is 5.12. The number of oxazole rings is 1. The maximum absolute atomic E-state index is 12.5. The molecule has 1 unspecified atom stereocenters. The number of nitrogens with one attached hydrogen (secondary N) is 1. The number of piperidine rings is 1. The highest BCUT2D eigenvalue weighted by Gasteiger charge is 2.37. The highest BCUT2D eigenvalue weighted by atomic mass is 19.4. The normalized spacial score (nSPS) is 21.8. The van der Waals surface area contributed by atoms with Gasteiger partial charge in [-0.3, -0.25) is 0 Å². The first-order valence-electron chi connectivity index (χ1n) is 5.71. The van der Waals surface area contributed by atoms with E-state index >= 15 is 0 Å². The molecule has 2 rings (SSSR count). The Hall–Kier alpha value is -1.04. The van der Waals surface area contributed by atoms with Gasteiger partial charge in [0.05, 0.1) is 0 Å². The second-order valence-corrected chi connectivity index (χ2v) is 4.43. The standard InChI is InChI=1S/C11H15F3N2O/c1-7-10(11(12,13)14)16-9(17-7)5-8-3-2-4-15-6-8/h8,15H,2-6H2,1H3. The fourth-order valence-electron chi connectivity index (χ4n) is 2.15. The lowest BCUT2D eigenvalue weighted by molar-refractivity contribution is -0.141. The number of halogens is 3. The number of hydrogen-bond acceptors (Lipinski definition) is 3. The van der Waals surface area contributed by atoms with Crippen LogP contribution in [0.1, 0.15) is 30.2 Å². The number of aromatic nitrogens is 1. The van der Waals surface area contributed by atoms with Crippen LogP contribution in [0.15, 0.2) is 4.42 Å². The molecular weight excluding hydrogens is 233 g/mol. The topological polar surface area (TPSA) is 38.1 Å². The summed E-state index contributed by atoms with van der Waals surface area (Å²) in [6.45, 7) is 3.11. The van der Waals surface area contributed by atoms with Crippen LogP contribution in [0, 0.1) is 12.8 Å². The van der Waals surface area contributed by atoms with Gasteiger partial charge in [-0.05, 0) is 38.8 Å². The smallest absolute Gasteiger partial charge is 0.436 e. The van der Waals surface area contributed by atoms with Crippen molar-refractivity contribution in [2.45, 2.75) is 32.4 Å². The molecular formula is C11H15F3N2O. The fourth-order valence-corrected chi connectivity index (χ4v) is 2.15. The SMILES string of the molecule is Cc1oc(CC2CCCNC2)nc1C(F)(F)F. The molecule has 1 aliphatic rings. The molecule has 0 bridgehead atoms. The van der Waals surface area contributed by atoms with Crippen LogP contribution in [0.4, 0.5) is 13.2 Å². The van der Waals surface area contributed by atoms with Gasteiger partial charge < -0.3 is 9.73 Å². The van der Waals surface area contributed by atoms with E-state index in [1.807, 2.05) is 0 Å². The van der Waals surface area contributed by atoms with Gasteiger partial charge in [0.15, 0.2) is 11.6 Å². The van der Waals surface area contributed by atoms with Crippen molar-refractivity contribution in [2.24, 2.45) is 5.92 Å². The van der Waals surface area contributed by atoms with E-state index in [0.29, 0.717) is 12.3 Å². The number of rotatable bonds is 2. The number of aryl methyl sites for hydroxylation is 1. The summed E-state index contributed by atoms with van der Waals surface area (Å²) in [6, 6.07) is 0. The van der Waals surface area contributed by atoms with Crippen molar-refractivity contribution in [3.63, 3.8) is 0 Å². The lowest BCUT2D eigenvalue weighted by Crippen LogP contribution is -2.30. The molecule has 1 aromatic rings. The van der Waals surface area contributed by atoms with E-state index in [-0.39, 0.29) is 11.7 Å². The van der Waals surface area contributed by atoms with Crippen LogP contribution < -0.4 is 5.32 Å². The van der Waals surface area contributed by atoms with Gasteiger partial charge in [0, 0.05) is 6.42 Å². The zero-order valence-corrected chi connectivity index (χ0v) is 9.60. The average Bonchev–Trinajstić information content (AvgIpc) is 2.60. The Morgan fingerprint density at radius 1 is 1.47 bits per heavy atom. The van der Waals surface area contributed by atoms with Crippen molar-refractivity contribution in [2.75, 3.05) is 13.1 Å². The molecule has 1 aromatic heterocycles. The van der Waals surface area contributed by atoms with Crippen molar-refractivity contribution in [1.29, 1.82) is 0 Å². The monoisotopic (exact) mass is 248 g/mol. The minimum Gasteiger partial charge on any atom is -0.445 e. The maximum atomic E-state index is 12.5. The van der Waals surface area contributed by atoms with Crippen molar-refractivity contribution < 1.29 is 17.6 Å². The zero-order valence-electron chi connectivity index (χ0n) is 9.60. The van der Waals surface area contributed by atoms with Crippen LogP contribution in [0.5, 0.6) is 0 Å². The molecule has 1 atom stereocenters. The molecule has 96 valence electrons. The molecule has 1 aliphatic heterocycles. The maximum Gasteiger partial charge on any atom is 0.436 e. The fraction of sp³-hybridized carbons (Fsp3) is 0.727. The summed E-state index contributed by atoms with van der Waals surface area (Å²) in [5.41, 5.74) is -0.892. The van der Waals surface area contributed by atoms with Gasteiger partial charge in [0.25, 0.3) is 0 Å². The zero-order chi connectivity index (χ0) is 12.5. The molecule has 2 heterocycles. The predicted molar refractivity (Wildman–Crippen MR) is 55.5 cm³/mol. The molecule has 0 spiro atoms. The van der Waals surface area contributed by atoms with E-state index in [2.05, 4.69) is 10.3 Å². The average molecular weight is 248 g/mol. The summed E-state index contributed by atoms with van der Waals surface area (Å²) in [6.07, 6.45) is -1.88. The Kier molecular flexibility index (Phi) is 3.42. The summed E-state index contributed by atoms with van der Waals surface area (Å²) >= 11 is 0. The number of hydrogen-bond donors (Lipinski definition) is 1. The summed E-state index contributed by atoms with van der Waals surface area (Å²) in [4.78, 5) is 3.56. The summed E-state index contributed by atoms with van der Waals surface area (Å²) in [5, 5.41) is 3.22. The van der Waals surface area contributed by atoms with Crippen LogP contribution in [-0.4, -0.2) is 18.1 Å². The van der Waals surface area contributed by atoms with Gasteiger partial charge >= 0.3 is 6.18 Å². The molecule has 6 heteroatoms. The quantitative estimate of drug-likeness (QED) is 0.874. The van der Waals surface area contributed by atoms with Gasteiger partial charge in [-0.1, -0.05) is 0 Å². The molecule has 1 fully saturated rings. The summed E-state index contributed by atoms with van der Waals surface area (Å²) < 4.78 is 42.6. The van der Waals surface area contributed by atoms with Crippen LogP contribution >= 0.6 is 0 Å². The van der Waals surface area contributed by atoms with E-state index in [1.54, 1.807) is 0 Å². The Labute approximate surface area is 97.4 Å². The Morgan fingerprint density at radius 2 is 2.24 bits per heavy atom. The first-order chi connectivity index (χ1) is 7.97. The second kappa shape index (κ2) is 4.68. The third-order valence-electron chi connectivity index (χ3n) is 2.97. The molecule has 0 aromatic carbocycles. The largest absolute Gasteiger partial charge is 0.445 e. The van der Waals surface area contributed by atoms with Crippen molar-refractivity contribution in [3.8, 4) is 0 Å². The first kappa shape index (κ1) is 12.4. The van der Waals surface area contributed by atoms with Crippen molar-refractivity contribution >= 4 is 0 Å². The molecule has 17 heavy (non-hydrogen) atoms. The summed E-state index contributed by atoms with van der Waals surface area (Å²) in [5.74, 6) is 0.377.